The van der Waals surface area contributed by atoms with Gasteiger partial charge in [-0.05, 0) is 22.6 Å². The highest BCUT2D eigenvalue weighted by Gasteiger charge is 2.01. The van der Waals surface area contributed by atoms with Gasteiger partial charge in [0.2, 0.25) is 0 Å². The van der Waals surface area contributed by atoms with E-state index >= 15 is 0 Å². The summed E-state index contributed by atoms with van der Waals surface area (Å²) in [5, 5.41) is 8.47. The second kappa shape index (κ2) is 2.35. The van der Waals surface area contributed by atoms with Crippen molar-refractivity contribution in [2.24, 2.45) is 7.05 Å². The standard InChI is InChI=1S/C5H4IN3/c1-9-3-8-5(6)4(9)2-7/h3H,1H3. The Hall–Kier alpha value is -0.570. The van der Waals surface area contributed by atoms with Crippen molar-refractivity contribution < 1.29 is 0 Å². The van der Waals surface area contributed by atoms with Crippen molar-refractivity contribution >= 4 is 22.6 Å². The maximum Gasteiger partial charge on any atom is 0.153 e. The van der Waals surface area contributed by atoms with Crippen molar-refractivity contribution in [3.05, 3.63) is 15.7 Å². The lowest BCUT2D eigenvalue weighted by atomic mass is 10.5. The smallest absolute Gasteiger partial charge is 0.153 e. The fourth-order valence-electron chi connectivity index (χ4n) is 0.527. The van der Waals surface area contributed by atoms with Crippen LogP contribution in [-0.4, -0.2) is 9.55 Å². The first-order chi connectivity index (χ1) is 4.25. The Morgan fingerprint density at radius 2 is 2.56 bits per heavy atom. The summed E-state index contributed by atoms with van der Waals surface area (Å²) in [5.41, 5.74) is 0.621. The molecule has 0 unspecified atom stereocenters. The highest BCUT2D eigenvalue weighted by molar-refractivity contribution is 14.1. The number of hydrogen-bond acceptors (Lipinski definition) is 2. The van der Waals surface area contributed by atoms with Gasteiger partial charge in [-0.3, -0.25) is 0 Å². The van der Waals surface area contributed by atoms with E-state index < -0.39 is 0 Å². The minimum Gasteiger partial charge on any atom is -0.325 e. The zero-order valence-corrected chi connectivity index (χ0v) is 6.95. The molecular weight excluding hydrogens is 229 g/mol. The van der Waals surface area contributed by atoms with Crippen LogP contribution in [0.4, 0.5) is 0 Å². The minimum absolute atomic E-state index is 0.621. The maximum absolute atomic E-state index is 8.47. The maximum atomic E-state index is 8.47. The summed E-state index contributed by atoms with van der Waals surface area (Å²) in [5.74, 6) is 0. The highest BCUT2D eigenvalue weighted by atomic mass is 127. The fraction of sp³-hybridized carbons (Fsp3) is 0.200. The van der Waals surface area contributed by atoms with Gasteiger partial charge >= 0.3 is 0 Å². The molecule has 0 atom stereocenters. The molecule has 0 amide bonds. The molecule has 46 valence electrons. The molecule has 0 saturated heterocycles. The lowest BCUT2D eigenvalue weighted by Crippen LogP contribution is -1.89. The first kappa shape index (κ1) is 6.55. The molecule has 0 bridgehead atoms. The normalized spacial score (nSPS) is 9.00. The Labute approximate surface area is 66.5 Å². The van der Waals surface area contributed by atoms with Gasteiger partial charge in [0.25, 0.3) is 0 Å². The summed E-state index contributed by atoms with van der Waals surface area (Å²) in [4.78, 5) is 3.91. The lowest BCUT2D eigenvalue weighted by Gasteiger charge is -1.86. The average Bonchev–Trinajstić information content (AvgIpc) is 2.12. The molecule has 0 aliphatic carbocycles. The molecule has 0 spiro atoms. The zero-order valence-electron chi connectivity index (χ0n) is 4.80. The molecule has 0 saturated carbocycles. The molecule has 0 aliphatic rings. The van der Waals surface area contributed by atoms with Gasteiger partial charge in [-0.25, -0.2) is 4.98 Å². The van der Waals surface area contributed by atoms with Crippen LogP contribution < -0.4 is 0 Å². The third-order valence-electron chi connectivity index (χ3n) is 0.998. The van der Waals surface area contributed by atoms with Gasteiger partial charge in [0, 0.05) is 7.05 Å². The molecule has 0 aromatic carbocycles. The van der Waals surface area contributed by atoms with E-state index in [9.17, 15) is 0 Å². The number of nitriles is 1. The first-order valence-electron chi connectivity index (χ1n) is 2.32. The molecule has 4 heteroatoms. The van der Waals surface area contributed by atoms with Crippen LogP contribution in [0.2, 0.25) is 0 Å². The Morgan fingerprint density at radius 3 is 2.78 bits per heavy atom. The van der Waals surface area contributed by atoms with E-state index in [1.54, 1.807) is 17.9 Å². The van der Waals surface area contributed by atoms with Crippen LogP contribution in [0.15, 0.2) is 6.33 Å². The Kier molecular flexibility index (Phi) is 1.71. The van der Waals surface area contributed by atoms with Crippen LogP contribution in [0.25, 0.3) is 0 Å². The molecule has 0 radical (unpaired) electrons. The summed E-state index contributed by atoms with van der Waals surface area (Å²) in [6.07, 6.45) is 1.63. The summed E-state index contributed by atoms with van der Waals surface area (Å²) in [6, 6.07) is 2.04. The number of imidazole rings is 1. The predicted octanol–water partition coefficient (Wildman–Crippen LogP) is 0.896. The van der Waals surface area contributed by atoms with Crippen molar-refractivity contribution in [1.82, 2.24) is 9.55 Å². The number of aryl methyl sites for hydroxylation is 1. The van der Waals surface area contributed by atoms with E-state index in [1.165, 1.54) is 0 Å². The van der Waals surface area contributed by atoms with Gasteiger partial charge in [0.1, 0.15) is 9.77 Å². The molecule has 0 fully saturated rings. The fourth-order valence-corrected chi connectivity index (χ4v) is 1.15. The van der Waals surface area contributed by atoms with Crippen molar-refractivity contribution in [2.75, 3.05) is 0 Å². The van der Waals surface area contributed by atoms with Gasteiger partial charge in [0.05, 0.1) is 6.33 Å². The van der Waals surface area contributed by atoms with E-state index in [0.29, 0.717) is 5.69 Å². The Balaban J connectivity index is 3.27. The van der Waals surface area contributed by atoms with Crippen LogP contribution in [0.1, 0.15) is 5.69 Å². The summed E-state index contributed by atoms with van der Waals surface area (Å²) < 4.78 is 2.46. The predicted molar refractivity (Wildman–Crippen MR) is 40.6 cm³/mol. The molecule has 0 aliphatic heterocycles. The first-order valence-corrected chi connectivity index (χ1v) is 3.40. The van der Waals surface area contributed by atoms with E-state index in [0.717, 1.165) is 3.70 Å². The Bertz CT molecular complexity index is 238. The number of aromatic nitrogens is 2. The second-order valence-corrected chi connectivity index (χ2v) is 2.63. The molecular formula is C5H4IN3. The molecule has 1 aromatic heterocycles. The monoisotopic (exact) mass is 233 g/mol. The number of halogens is 1. The van der Waals surface area contributed by atoms with Crippen LogP contribution in [0, 0.1) is 15.0 Å². The number of rotatable bonds is 0. The van der Waals surface area contributed by atoms with Crippen molar-refractivity contribution in [1.29, 1.82) is 5.26 Å². The largest absolute Gasteiger partial charge is 0.325 e. The lowest BCUT2D eigenvalue weighted by molar-refractivity contribution is 0.896. The third kappa shape index (κ3) is 1.05. The number of hydrogen-bond donors (Lipinski definition) is 0. The highest BCUT2D eigenvalue weighted by Crippen LogP contribution is 2.05. The van der Waals surface area contributed by atoms with E-state index in [2.05, 4.69) is 4.98 Å². The van der Waals surface area contributed by atoms with Crippen molar-refractivity contribution in [3.8, 4) is 6.07 Å². The summed E-state index contributed by atoms with van der Waals surface area (Å²) in [7, 11) is 1.80. The van der Waals surface area contributed by atoms with E-state index in [4.69, 9.17) is 5.26 Å². The van der Waals surface area contributed by atoms with Crippen LogP contribution >= 0.6 is 22.6 Å². The SMILES string of the molecule is Cn1cnc(I)c1C#N. The molecule has 1 aromatic rings. The Morgan fingerprint density at radius 1 is 1.89 bits per heavy atom. The topological polar surface area (TPSA) is 41.6 Å². The molecule has 0 N–H and O–H groups in total. The van der Waals surface area contributed by atoms with Gasteiger partial charge in [0.15, 0.2) is 5.69 Å². The van der Waals surface area contributed by atoms with Crippen LogP contribution in [-0.2, 0) is 7.05 Å². The average molecular weight is 233 g/mol. The third-order valence-corrected chi connectivity index (χ3v) is 1.79. The van der Waals surface area contributed by atoms with Crippen molar-refractivity contribution in [3.63, 3.8) is 0 Å². The molecule has 1 heterocycles. The van der Waals surface area contributed by atoms with Gasteiger partial charge in [-0.15, -0.1) is 0 Å². The zero-order chi connectivity index (χ0) is 6.85. The molecule has 1 rings (SSSR count). The van der Waals surface area contributed by atoms with E-state index in [1.807, 2.05) is 28.7 Å². The molecule has 3 nitrogen and oxygen atoms in total. The van der Waals surface area contributed by atoms with E-state index in [-0.39, 0.29) is 0 Å². The second-order valence-electron chi connectivity index (χ2n) is 1.61. The number of nitrogens with zero attached hydrogens (tertiary/aromatic N) is 3. The quantitative estimate of drug-likeness (QED) is 0.624. The minimum atomic E-state index is 0.621. The summed E-state index contributed by atoms with van der Waals surface area (Å²) in [6.45, 7) is 0. The summed E-state index contributed by atoms with van der Waals surface area (Å²) >= 11 is 2.03. The van der Waals surface area contributed by atoms with Gasteiger partial charge in [-0.1, -0.05) is 0 Å². The van der Waals surface area contributed by atoms with Crippen molar-refractivity contribution in [2.45, 2.75) is 0 Å². The van der Waals surface area contributed by atoms with Crippen LogP contribution in [0.5, 0.6) is 0 Å². The molecule has 9 heavy (non-hydrogen) atoms. The van der Waals surface area contributed by atoms with Gasteiger partial charge < -0.3 is 4.57 Å². The van der Waals surface area contributed by atoms with Gasteiger partial charge in [-0.2, -0.15) is 5.26 Å². The van der Waals surface area contributed by atoms with Crippen LogP contribution in [0.3, 0.4) is 0 Å².